The van der Waals surface area contributed by atoms with Gasteiger partial charge in [-0.2, -0.15) is 0 Å². The topological polar surface area (TPSA) is 12.0 Å². The van der Waals surface area contributed by atoms with E-state index in [4.69, 9.17) is 11.6 Å². The predicted molar refractivity (Wildman–Crippen MR) is 88.5 cm³/mol. The summed E-state index contributed by atoms with van der Waals surface area (Å²) in [4.78, 5) is 0. The molecular formula is C18H28ClN. The zero-order valence-corrected chi connectivity index (χ0v) is 14.0. The fourth-order valence-electron chi connectivity index (χ4n) is 3.41. The smallest absolute Gasteiger partial charge is 0.0440 e. The Hall–Kier alpha value is -0.530. The van der Waals surface area contributed by atoms with Crippen molar-refractivity contribution >= 4 is 11.6 Å². The van der Waals surface area contributed by atoms with Gasteiger partial charge in [0.1, 0.15) is 0 Å². The molecule has 1 N–H and O–H groups in total. The molecular weight excluding hydrogens is 266 g/mol. The maximum atomic E-state index is 6.46. The van der Waals surface area contributed by atoms with Crippen LogP contribution in [0.2, 0.25) is 5.02 Å². The first-order chi connectivity index (χ1) is 9.39. The van der Waals surface area contributed by atoms with Crippen LogP contribution in [0.4, 0.5) is 0 Å². The van der Waals surface area contributed by atoms with E-state index in [1.165, 1.54) is 24.8 Å². The lowest BCUT2D eigenvalue weighted by atomic mass is 9.65. The molecule has 0 spiro atoms. The molecule has 0 radical (unpaired) electrons. The van der Waals surface area contributed by atoms with Gasteiger partial charge in [-0.15, -0.1) is 0 Å². The molecule has 1 aromatic carbocycles. The number of halogens is 1. The summed E-state index contributed by atoms with van der Waals surface area (Å²) in [6, 6.07) is 8.95. The van der Waals surface area contributed by atoms with Crippen molar-refractivity contribution < 1.29 is 0 Å². The summed E-state index contributed by atoms with van der Waals surface area (Å²) in [5.41, 5.74) is 1.77. The molecule has 2 heteroatoms. The van der Waals surface area contributed by atoms with Gasteiger partial charge in [-0.3, -0.25) is 0 Å². The Bertz CT molecular complexity index is 437. The third kappa shape index (κ3) is 3.99. The molecule has 112 valence electrons. The normalized spacial score (nSPS) is 25.9. The Morgan fingerprint density at radius 3 is 2.65 bits per heavy atom. The van der Waals surface area contributed by atoms with Crippen molar-refractivity contribution in [3.8, 4) is 0 Å². The van der Waals surface area contributed by atoms with Gasteiger partial charge in [0.15, 0.2) is 0 Å². The third-order valence-corrected chi connectivity index (χ3v) is 4.97. The second-order valence-electron chi connectivity index (χ2n) is 7.36. The molecule has 20 heavy (non-hydrogen) atoms. The summed E-state index contributed by atoms with van der Waals surface area (Å²) in [7, 11) is 0. The Morgan fingerprint density at radius 1 is 1.30 bits per heavy atom. The van der Waals surface area contributed by atoms with E-state index in [0.717, 1.165) is 11.6 Å². The lowest BCUT2D eigenvalue weighted by molar-refractivity contribution is 0.158. The van der Waals surface area contributed by atoms with Gasteiger partial charge in [-0.05, 0) is 54.7 Å². The third-order valence-electron chi connectivity index (χ3n) is 4.63. The Kier molecular flexibility index (Phi) is 5.14. The summed E-state index contributed by atoms with van der Waals surface area (Å²) in [5, 5.41) is 4.55. The molecule has 1 fully saturated rings. The van der Waals surface area contributed by atoms with Crippen molar-refractivity contribution in [3.05, 3.63) is 34.9 Å². The van der Waals surface area contributed by atoms with Crippen molar-refractivity contribution in [1.82, 2.24) is 5.32 Å². The van der Waals surface area contributed by atoms with E-state index in [1.54, 1.807) is 0 Å². The van der Waals surface area contributed by atoms with Gasteiger partial charge in [0.25, 0.3) is 0 Å². The largest absolute Gasteiger partial charge is 0.314 e. The second-order valence-corrected chi connectivity index (χ2v) is 7.77. The Balaban J connectivity index is 2.20. The first-order valence-corrected chi connectivity index (χ1v) is 8.25. The van der Waals surface area contributed by atoms with Crippen molar-refractivity contribution in [2.45, 2.75) is 58.9 Å². The number of hydrogen-bond donors (Lipinski definition) is 1. The van der Waals surface area contributed by atoms with Crippen LogP contribution in [0.1, 0.15) is 58.4 Å². The summed E-state index contributed by atoms with van der Waals surface area (Å²) in [5.74, 6) is 1.28. The zero-order valence-electron chi connectivity index (χ0n) is 13.2. The van der Waals surface area contributed by atoms with E-state index in [-0.39, 0.29) is 0 Å². The second kappa shape index (κ2) is 6.49. The van der Waals surface area contributed by atoms with Gasteiger partial charge in [0, 0.05) is 11.1 Å². The summed E-state index contributed by atoms with van der Waals surface area (Å²) in [6.07, 6.45) is 3.85. The summed E-state index contributed by atoms with van der Waals surface area (Å²) in [6.45, 7) is 10.3. The van der Waals surface area contributed by atoms with Gasteiger partial charge >= 0.3 is 0 Å². The molecule has 1 aliphatic rings. The minimum atomic E-state index is 0.429. The van der Waals surface area contributed by atoms with Crippen LogP contribution in [0.3, 0.4) is 0 Å². The molecule has 2 rings (SSSR count). The standard InChI is InChI=1S/C18H28ClN/c1-13(2)20-12-14-9-10-18(3,4)11-16(14)15-7-5-6-8-17(15)19/h5-8,13-14,16,20H,9-12H2,1-4H3. The fourth-order valence-corrected chi connectivity index (χ4v) is 3.69. The van der Waals surface area contributed by atoms with E-state index < -0.39 is 0 Å². The lowest BCUT2D eigenvalue weighted by Gasteiger charge is -2.41. The summed E-state index contributed by atoms with van der Waals surface area (Å²) < 4.78 is 0. The van der Waals surface area contributed by atoms with Crippen molar-refractivity contribution in [2.24, 2.45) is 11.3 Å². The van der Waals surface area contributed by atoms with E-state index in [1.807, 2.05) is 12.1 Å². The van der Waals surface area contributed by atoms with Crippen LogP contribution in [0, 0.1) is 11.3 Å². The molecule has 1 aromatic rings. The molecule has 1 aliphatic carbocycles. The van der Waals surface area contributed by atoms with Crippen molar-refractivity contribution in [3.63, 3.8) is 0 Å². The van der Waals surface area contributed by atoms with Gasteiger partial charge in [-0.25, -0.2) is 0 Å². The maximum Gasteiger partial charge on any atom is 0.0440 e. The van der Waals surface area contributed by atoms with Crippen LogP contribution in [-0.2, 0) is 0 Å². The predicted octanol–water partition coefficient (Wildman–Crippen LogP) is 5.25. The van der Waals surface area contributed by atoms with Gasteiger partial charge in [-0.1, -0.05) is 57.5 Å². The minimum absolute atomic E-state index is 0.429. The molecule has 2 unspecified atom stereocenters. The molecule has 0 heterocycles. The maximum absolute atomic E-state index is 6.46. The molecule has 1 saturated carbocycles. The van der Waals surface area contributed by atoms with Crippen LogP contribution >= 0.6 is 11.6 Å². The van der Waals surface area contributed by atoms with E-state index in [9.17, 15) is 0 Å². The van der Waals surface area contributed by atoms with Crippen LogP contribution in [0.25, 0.3) is 0 Å². The highest BCUT2D eigenvalue weighted by molar-refractivity contribution is 6.31. The molecule has 0 amide bonds. The zero-order chi connectivity index (χ0) is 14.8. The first kappa shape index (κ1) is 15.9. The SMILES string of the molecule is CC(C)NCC1CCC(C)(C)CC1c1ccccc1Cl. The van der Waals surface area contributed by atoms with Crippen LogP contribution in [0.15, 0.2) is 24.3 Å². The van der Waals surface area contributed by atoms with Gasteiger partial charge in [0.2, 0.25) is 0 Å². The molecule has 0 aromatic heterocycles. The molecule has 0 bridgehead atoms. The van der Waals surface area contributed by atoms with E-state index in [2.05, 4.69) is 45.1 Å². The number of rotatable bonds is 4. The van der Waals surface area contributed by atoms with E-state index >= 15 is 0 Å². The van der Waals surface area contributed by atoms with Gasteiger partial charge in [0.05, 0.1) is 0 Å². The van der Waals surface area contributed by atoms with E-state index in [0.29, 0.717) is 23.3 Å². The number of nitrogens with one attached hydrogen (secondary N) is 1. The van der Waals surface area contributed by atoms with Gasteiger partial charge < -0.3 is 5.32 Å². The quantitative estimate of drug-likeness (QED) is 0.799. The molecule has 2 atom stereocenters. The highest BCUT2D eigenvalue weighted by Gasteiger charge is 2.36. The Morgan fingerprint density at radius 2 is 2.00 bits per heavy atom. The highest BCUT2D eigenvalue weighted by Crippen LogP contribution is 2.47. The minimum Gasteiger partial charge on any atom is -0.314 e. The van der Waals surface area contributed by atoms with Crippen molar-refractivity contribution in [1.29, 1.82) is 0 Å². The van der Waals surface area contributed by atoms with Crippen molar-refractivity contribution in [2.75, 3.05) is 6.54 Å². The highest BCUT2D eigenvalue weighted by atomic mass is 35.5. The average Bonchev–Trinajstić information content (AvgIpc) is 2.37. The summed E-state index contributed by atoms with van der Waals surface area (Å²) >= 11 is 6.46. The first-order valence-electron chi connectivity index (χ1n) is 7.87. The average molecular weight is 294 g/mol. The Labute approximate surface area is 129 Å². The molecule has 0 aliphatic heterocycles. The molecule has 1 nitrogen and oxygen atoms in total. The molecule has 0 saturated heterocycles. The van der Waals surface area contributed by atoms with Crippen LogP contribution in [-0.4, -0.2) is 12.6 Å². The van der Waals surface area contributed by atoms with Crippen LogP contribution < -0.4 is 5.32 Å². The lowest BCUT2D eigenvalue weighted by Crippen LogP contribution is -2.37. The number of hydrogen-bond acceptors (Lipinski definition) is 1. The monoisotopic (exact) mass is 293 g/mol. The number of benzene rings is 1. The van der Waals surface area contributed by atoms with Crippen LogP contribution in [0.5, 0.6) is 0 Å². The fraction of sp³-hybridized carbons (Fsp3) is 0.667.